The van der Waals surface area contributed by atoms with Gasteiger partial charge < -0.3 is 15.0 Å². The summed E-state index contributed by atoms with van der Waals surface area (Å²) in [6, 6.07) is 7.89. The molecule has 2 heterocycles. The molecule has 1 N–H and O–H groups in total. The van der Waals surface area contributed by atoms with E-state index in [0.29, 0.717) is 25.3 Å². The first-order valence-corrected chi connectivity index (χ1v) is 8.28. The number of carbonyl (C=O) groups is 1. The fourth-order valence-electron chi connectivity index (χ4n) is 2.80. The summed E-state index contributed by atoms with van der Waals surface area (Å²) < 4.78 is 56.3. The minimum Gasteiger partial charge on any atom is -0.481 e. The molecule has 1 saturated heterocycles. The van der Waals surface area contributed by atoms with E-state index in [2.05, 4.69) is 10.3 Å². The van der Waals surface area contributed by atoms with E-state index in [4.69, 9.17) is 4.74 Å². The standard InChI is InChI=1S/C18H17F4N3O2/c19-14-3-1-2-4-15(14)27-11-17(26)24-13-7-8-25(10-13)16-6-5-12(9-23-16)18(20,21)22/h1-6,9,13H,7-8,10-11H2,(H,24,26). The zero-order valence-corrected chi connectivity index (χ0v) is 14.2. The van der Waals surface area contributed by atoms with Crippen LogP contribution in [0.3, 0.4) is 0 Å². The van der Waals surface area contributed by atoms with Gasteiger partial charge in [0.1, 0.15) is 5.82 Å². The van der Waals surface area contributed by atoms with Gasteiger partial charge in [0.05, 0.1) is 5.56 Å². The van der Waals surface area contributed by atoms with Crippen LogP contribution in [0.1, 0.15) is 12.0 Å². The van der Waals surface area contributed by atoms with E-state index in [-0.39, 0.29) is 18.4 Å². The minimum atomic E-state index is -4.43. The highest BCUT2D eigenvalue weighted by Gasteiger charge is 2.31. The van der Waals surface area contributed by atoms with E-state index < -0.39 is 23.5 Å². The zero-order chi connectivity index (χ0) is 19.4. The SMILES string of the molecule is O=C(COc1ccccc1F)NC1CCN(c2ccc(C(F)(F)F)cn2)C1. The van der Waals surface area contributed by atoms with Gasteiger partial charge in [-0.3, -0.25) is 4.79 Å². The van der Waals surface area contributed by atoms with Crippen LogP contribution in [0, 0.1) is 5.82 Å². The normalized spacial score (nSPS) is 17.0. The number of aromatic nitrogens is 1. The van der Waals surface area contributed by atoms with Crippen molar-refractivity contribution in [2.75, 3.05) is 24.6 Å². The Bertz CT molecular complexity index is 796. The average Bonchev–Trinajstić information content (AvgIpc) is 3.09. The molecule has 1 aromatic carbocycles. The van der Waals surface area contributed by atoms with Crippen molar-refractivity contribution in [1.29, 1.82) is 0 Å². The number of nitrogens with zero attached hydrogens (tertiary/aromatic N) is 2. The number of anilines is 1. The first-order valence-electron chi connectivity index (χ1n) is 8.28. The van der Waals surface area contributed by atoms with Crippen molar-refractivity contribution >= 4 is 11.7 Å². The number of pyridine rings is 1. The molecule has 1 aliphatic rings. The molecule has 1 amide bonds. The van der Waals surface area contributed by atoms with Crippen molar-refractivity contribution in [3.05, 3.63) is 54.0 Å². The Balaban J connectivity index is 1.49. The maximum Gasteiger partial charge on any atom is 0.417 e. The minimum absolute atomic E-state index is 0.00495. The average molecular weight is 383 g/mol. The van der Waals surface area contributed by atoms with Gasteiger partial charge in [0.15, 0.2) is 18.2 Å². The van der Waals surface area contributed by atoms with Crippen LogP contribution in [0.15, 0.2) is 42.6 Å². The largest absolute Gasteiger partial charge is 0.481 e. The second-order valence-corrected chi connectivity index (χ2v) is 6.12. The number of alkyl halides is 3. The molecule has 3 rings (SSSR count). The Hall–Kier alpha value is -2.84. The molecule has 0 spiro atoms. The summed E-state index contributed by atoms with van der Waals surface area (Å²) in [5, 5.41) is 2.77. The lowest BCUT2D eigenvalue weighted by Crippen LogP contribution is -2.39. The Kier molecular flexibility index (Phi) is 5.48. The van der Waals surface area contributed by atoms with Crippen LogP contribution in [-0.2, 0) is 11.0 Å². The van der Waals surface area contributed by atoms with Crippen LogP contribution in [0.25, 0.3) is 0 Å². The third-order valence-electron chi connectivity index (χ3n) is 4.15. The first kappa shape index (κ1) is 18.9. The summed E-state index contributed by atoms with van der Waals surface area (Å²) >= 11 is 0. The molecule has 27 heavy (non-hydrogen) atoms. The molecule has 1 aliphatic heterocycles. The van der Waals surface area contributed by atoms with Crippen LogP contribution in [0.2, 0.25) is 0 Å². The molecular formula is C18H17F4N3O2. The van der Waals surface area contributed by atoms with Crippen molar-refractivity contribution in [2.45, 2.75) is 18.6 Å². The number of benzene rings is 1. The van der Waals surface area contributed by atoms with E-state index in [0.717, 1.165) is 12.3 Å². The smallest absolute Gasteiger partial charge is 0.417 e. The predicted molar refractivity (Wildman–Crippen MR) is 89.9 cm³/mol. The second-order valence-electron chi connectivity index (χ2n) is 6.12. The number of ether oxygens (including phenoxy) is 1. The van der Waals surface area contributed by atoms with E-state index in [1.165, 1.54) is 24.3 Å². The molecule has 144 valence electrons. The number of rotatable bonds is 5. The molecule has 2 aromatic rings. The number of amides is 1. The van der Waals surface area contributed by atoms with Gasteiger partial charge in [-0.1, -0.05) is 12.1 Å². The highest BCUT2D eigenvalue weighted by Crippen LogP contribution is 2.29. The molecule has 0 radical (unpaired) electrons. The number of halogens is 4. The van der Waals surface area contributed by atoms with E-state index in [9.17, 15) is 22.4 Å². The summed E-state index contributed by atoms with van der Waals surface area (Å²) in [7, 11) is 0. The van der Waals surface area contributed by atoms with Crippen LogP contribution in [0.5, 0.6) is 5.75 Å². The van der Waals surface area contributed by atoms with Gasteiger partial charge in [-0.15, -0.1) is 0 Å². The lowest BCUT2D eigenvalue weighted by atomic mass is 10.2. The first-order chi connectivity index (χ1) is 12.8. The van der Waals surface area contributed by atoms with Crippen molar-refractivity contribution in [3.63, 3.8) is 0 Å². The molecule has 1 unspecified atom stereocenters. The number of carbonyl (C=O) groups excluding carboxylic acids is 1. The summed E-state index contributed by atoms with van der Waals surface area (Å²) in [6.45, 7) is 0.650. The summed E-state index contributed by atoms with van der Waals surface area (Å²) in [4.78, 5) is 17.6. The van der Waals surface area contributed by atoms with Gasteiger partial charge in [-0.25, -0.2) is 9.37 Å². The van der Waals surface area contributed by atoms with Gasteiger partial charge in [0.25, 0.3) is 5.91 Å². The van der Waals surface area contributed by atoms with Crippen LogP contribution in [-0.4, -0.2) is 36.6 Å². The molecule has 1 atom stereocenters. The fraction of sp³-hybridized carbons (Fsp3) is 0.333. The van der Waals surface area contributed by atoms with Gasteiger partial charge in [-0.05, 0) is 30.7 Å². The fourth-order valence-corrected chi connectivity index (χ4v) is 2.80. The molecular weight excluding hydrogens is 366 g/mol. The molecule has 5 nitrogen and oxygen atoms in total. The van der Waals surface area contributed by atoms with Crippen LogP contribution >= 0.6 is 0 Å². The van der Waals surface area contributed by atoms with E-state index in [1.807, 2.05) is 0 Å². The number of nitrogens with one attached hydrogen (secondary N) is 1. The van der Waals surface area contributed by atoms with Crippen LogP contribution < -0.4 is 15.0 Å². The van der Waals surface area contributed by atoms with Crippen molar-refractivity contribution in [3.8, 4) is 5.75 Å². The molecule has 1 aromatic heterocycles. The highest BCUT2D eigenvalue weighted by atomic mass is 19.4. The van der Waals surface area contributed by atoms with E-state index in [1.54, 1.807) is 11.0 Å². The monoisotopic (exact) mass is 383 g/mol. The molecule has 0 aliphatic carbocycles. The Morgan fingerprint density at radius 2 is 2.04 bits per heavy atom. The summed E-state index contributed by atoms with van der Waals surface area (Å²) in [6.07, 6.45) is -3.01. The zero-order valence-electron chi connectivity index (χ0n) is 14.2. The number of para-hydroxylation sites is 1. The van der Waals surface area contributed by atoms with Gasteiger partial charge in [0, 0.05) is 25.3 Å². The highest BCUT2D eigenvalue weighted by molar-refractivity contribution is 5.78. The summed E-state index contributed by atoms with van der Waals surface area (Å²) in [5.74, 6) is -0.534. The van der Waals surface area contributed by atoms with E-state index >= 15 is 0 Å². The predicted octanol–water partition coefficient (Wildman–Crippen LogP) is 3.01. The third kappa shape index (κ3) is 4.87. The second kappa shape index (κ2) is 7.81. The van der Waals surface area contributed by atoms with Crippen molar-refractivity contribution in [2.24, 2.45) is 0 Å². The van der Waals surface area contributed by atoms with Crippen molar-refractivity contribution < 1.29 is 27.1 Å². The van der Waals surface area contributed by atoms with Crippen molar-refractivity contribution in [1.82, 2.24) is 10.3 Å². The van der Waals surface area contributed by atoms with Gasteiger partial charge in [-0.2, -0.15) is 13.2 Å². The maximum atomic E-state index is 13.4. The van der Waals surface area contributed by atoms with Gasteiger partial charge >= 0.3 is 6.18 Å². The maximum absolute atomic E-state index is 13.4. The topological polar surface area (TPSA) is 54.5 Å². The lowest BCUT2D eigenvalue weighted by molar-refractivity contribution is -0.137. The Morgan fingerprint density at radius 3 is 2.70 bits per heavy atom. The summed E-state index contributed by atoms with van der Waals surface area (Å²) in [5.41, 5.74) is -0.805. The Labute approximate surface area is 153 Å². The lowest BCUT2D eigenvalue weighted by Gasteiger charge is -2.18. The van der Waals surface area contributed by atoms with Crippen LogP contribution in [0.4, 0.5) is 23.4 Å². The molecule has 9 heteroatoms. The molecule has 0 saturated carbocycles. The number of hydrogen-bond acceptors (Lipinski definition) is 4. The number of hydrogen-bond donors (Lipinski definition) is 1. The molecule has 0 bridgehead atoms. The third-order valence-corrected chi connectivity index (χ3v) is 4.15. The molecule has 1 fully saturated rings. The Morgan fingerprint density at radius 1 is 1.26 bits per heavy atom. The van der Waals surface area contributed by atoms with Gasteiger partial charge in [0.2, 0.25) is 0 Å². The quantitative estimate of drug-likeness (QED) is 0.807.